The average Bonchev–Trinajstić information content (AvgIpc) is 3.28. The third kappa shape index (κ3) is 7.30. The van der Waals surface area contributed by atoms with Gasteiger partial charge in [-0.25, -0.2) is 4.52 Å². The van der Waals surface area contributed by atoms with Crippen LogP contribution in [-0.2, 0) is 4.79 Å². The smallest absolute Gasteiger partial charge is 0.243 e. The van der Waals surface area contributed by atoms with Gasteiger partial charge in [0.25, 0.3) is 0 Å². The van der Waals surface area contributed by atoms with Gasteiger partial charge in [0.1, 0.15) is 5.52 Å². The van der Waals surface area contributed by atoms with Crippen LogP contribution in [0, 0.1) is 18.8 Å². The van der Waals surface area contributed by atoms with E-state index in [0.29, 0.717) is 11.9 Å². The van der Waals surface area contributed by atoms with E-state index in [1.807, 2.05) is 54.7 Å². The first kappa shape index (κ1) is 29.1. The molecule has 0 spiro atoms. The van der Waals surface area contributed by atoms with Crippen molar-refractivity contribution in [1.29, 1.82) is 0 Å². The number of fused-ring (bicyclic) bond motifs is 1. The molecule has 38 heavy (non-hydrogen) atoms. The molecule has 1 saturated heterocycles. The minimum Gasteiger partial charge on any atom is -0.371 e. The van der Waals surface area contributed by atoms with Crippen molar-refractivity contribution in [2.24, 2.45) is 16.8 Å². The van der Waals surface area contributed by atoms with Crippen molar-refractivity contribution in [3.8, 4) is 11.3 Å². The van der Waals surface area contributed by atoms with Crippen LogP contribution in [0.2, 0.25) is 0 Å². The van der Waals surface area contributed by atoms with Gasteiger partial charge < -0.3 is 15.5 Å². The first-order valence-electron chi connectivity index (χ1n) is 13.6. The van der Waals surface area contributed by atoms with Crippen LogP contribution < -0.4 is 10.6 Å². The molecular weight excluding hydrogens is 476 g/mol. The van der Waals surface area contributed by atoms with Crippen molar-refractivity contribution in [3.05, 3.63) is 30.1 Å². The molecule has 2 N–H and O–H groups in total. The summed E-state index contributed by atoms with van der Waals surface area (Å²) in [5.74, 6) is 2.66. The summed E-state index contributed by atoms with van der Waals surface area (Å²) in [6.45, 7) is 17.9. The third-order valence-corrected chi connectivity index (χ3v) is 6.49. The summed E-state index contributed by atoms with van der Waals surface area (Å²) in [6.07, 6.45) is 3.69. The van der Waals surface area contributed by atoms with Crippen molar-refractivity contribution in [2.75, 3.05) is 30.8 Å². The van der Waals surface area contributed by atoms with Crippen LogP contribution in [0.25, 0.3) is 16.8 Å². The lowest BCUT2D eigenvalue weighted by Gasteiger charge is -2.31. The summed E-state index contributed by atoms with van der Waals surface area (Å²) < 4.78 is 1.84. The zero-order valence-electron chi connectivity index (χ0n) is 24.5. The molecule has 1 aliphatic heterocycles. The van der Waals surface area contributed by atoms with E-state index in [2.05, 4.69) is 45.3 Å². The quantitative estimate of drug-likeness (QED) is 0.388. The predicted octanol–water partition coefficient (Wildman–Crippen LogP) is 5.97. The number of aliphatic imine (C=N–C) groups is 1. The van der Waals surface area contributed by atoms with E-state index >= 15 is 0 Å². The largest absolute Gasteiger partial charge is 0.371 e. The highest BCUT2D eigenvalue weighted by Gasteiger charge is 2.22. The second kappa shape index (κ2) is 12.8. The molecule has 1 fully saturated rings. The van der Waals surface area contributed by atoms with Gasteiger partial charge in [-0.2, -0.15) is 4.98 Å². The zero-order chi connectivity index (χ0) is 28.0. The van der Waals surface area contributed by atoms with Crippen LogP contribution in [-0.4, -0.2) is 62.3 Å². The van der Waals surface area contributed by atoms with Crippen molar-refractivity contribution in [3.63, 3.8) is 0 Å². The maximum atomic E-state index is 11.6. The topological polar surface area (TPSA) is 99.8 Å². The Morgan fingerprint density at radius 2 is 1.71 bits per heavy atom. The number of hydrogen-bond acceptors (Lipinski definition) is 7. The minimum absolute atomic E-state index is 0.132. The zero-order valence-corrected chi connectivity index (χ0v) is 24.5. The number of nitrogens with one attached hydrogen (secondary N) is 2. The lowest BCUT2D eigenvalue weighted by molar-refractivity contribution is -0.129. The molecule has 0 bridgehead atoms. The molecule has 0 unspecified atom stereocenters. The number of anilines is 2. The molecule has 9 heteroatoms. The fourth-order valence-electron chi connectivity index (χ4n) is 4.13. The van der Waals surface area contributed by atoms with E-state index in [4.69, 9.17) is 20.1 Å². The highest BCUT2D eigenvalue weighted by molar-refractivity contribution is 5.89. The molecule has 1 aliphatic rings. The van der Waals surface area contributed by atoms with Crippen LogP contribution in [0.5, 0.6) is 0 Å². The van der Waals surface area contributed by atoms with E-state index in [1.54, 1.807) is 6.92 Å². The molecule has 4 rings (SSSR count). The molecule has 0 aromatic carbocycles. The van der Waals surface area contributed by atoms with Gasteiger partial charge in [0, 0.05) is 50.6 Å². The molecule has 206 valence electrons. The van der Waals surface area contributed by atoms with E-state index in [1.165, 1.54) is 0 Å². The SMILES string of the molecule is CC(C)C.CNc1nc(NC2CCN(C(C)=O)CC2)nn2ccc(-c3ccc(N=C(C)C(C)C)c(C)n3)c12. The number of carbonyl (C=O) groups is 1. The van der Waals surface area contributed by atoms with E-state index < -0.39 is 0 Å². The summed E-state index contributed by atoms with van der Waals surface area (Å²) >= 11 is 0. The molecule has 0 radical (unpaired) electrons. The van der Waals surface area contributed by atoms with Crippen LogP contribution in [0.1, 0.15) is 67.0 Å². The van der Waals surface area contributed by atoms with Crippen LogP contribution >= 0.6 is 0 Å². The summed E-state index contributed by atoms with van der Waals surface area (Å²) in [5.41, 5.74) is 5.57. The van der Waals surface area contributed by atoms with Gasteiger partial charge >= 0.3 is 0 Å². The Hall–Kier alpha value is -3.49. The van der Waals surface area contributed by atoms with Crippen LogP contribution in [0.4, 0.5) is 17.5 Å². The number of likely N-dealkylation sites (tertiary alicyclic amines) is 1. The molecule has 0 atom stereocenters. The van der Waals surface area contributed by atoms with Crippen molar-refractivity contribution in [1.82, 2.24) is 24.5 Å². The van der Waals surface area contributed by atoms with Gasteiger partial charge in [0.05, 0.1) is 17.1 Å². The summed E-state index contributed by atoms with van der Waals surface area (Å²) in [4.78, 5) is 27.8. The molecule has 0 saturated carbocycles. The Bertz CT molecular complexity index is 1270. The summed E-state index contributed by atoms with van der Waals surface area (Å²) in [6, 6.07) is 6.28. The second-order valence-corrected chi connectivity index (χ2v) is 10.9. The Morgan fingerprint density at radius 3 is 2.26 bits per heavy atom. The van der Waals surface area contributed by atoms with Gasteiger partial charge in [0.2, 0.25) is 11.9 Å². The minimum atomic E-state index is 0.132. The fourth-order valence-corrected chi connectivity index (χ4v) is 4.13. The van der Waals surface area contributed by atoms with Gasteiger partial charge in [-0.05, 0) is 56.7 Å². The number of pyridine rings is 1. The van der Waals surface area contributed by atoms with E-state index in [0.717, 1.165) is 71.5 Å². The lowest BCUT2D eigenvalue weighted by Crippen LogP contribution is -2.41. The number of piperidine rings is 1. The Balaban J connectivity index is 0.000000934. The number of hydrogen-bond donors (Lipinski definition) is 2. The normalized spacial score (nSPS) is 14.6. The standard InChI is InChI=1S/C25H34N8O.C4H10/c1-15(2)16(3)27-21-7-8-22(28-17(21)4)20-11-14-33-23(20)24(26-6)30-25(31-33)29-19-9-12-32(13-10-19)18(5)34;1-4(2)3/h7-8,11,14-15,19H,9-10,12-13H2,1-6H3,(H2,26,29,30,31);4H,1-3H3. The summed E-state index contributed by atoms with van der Waals surface area (Å²) in [7, 11) is 1.86. The molecule has 3 aromatic rings. The lowest BCUT2D eigenvalue weighted by atomic mass is 10.1. The number of carbonyl (C=O) groups excluding carboxylic acids is 1. The Labute approximate surface area is 227 Å². The number of rotatable bonds is 6. The molecule has 3 aromatic heterocycles. The molecule has 4 heterocycles. The number of nitrogens with zero attached hydrogens (tertiary/aromatic N) is 6. The summed E-state index contributed by atoms with van der Waals surface area (Å²) in [5, 5.41) is 11.4. The number of aromatic nitrogens is 4. The molecular formula is C29H44N8O. The monoisotopic (exact) mass is 520 g/mol. The highest BCUT2D eigenvalue weighted by atomic mass is 16.2. The van der Waals surface area contributed by atoms with Crippen LogP contribution in [0.3, 0.4) is 0 Å². The fraction of sp³-hybridized carbons (Fsp3) is 0.552. The van der Waals surface area contributed by atoms with Crippen molar-refractivity contribution in [2.45, 2.75) is 74.3 Å². The number of amides is 1. The van der Waals surface area contributed by atoms with E-state index in [-0.39, 0.29) is 11.9 Å². The van der Waals surface area contributed by atoms with Crippen molar-refractivity contribution < 1.29 is 4.79 Å². The molecule has 9 nitrogen and oxygen atoms in total. The third-order valence-electron chi connectivity index (χ3n) is 6.49. The maximum Gasteiger partial charge on any atom is 0.243 e. The first-order valence-corrected chi connectivity index (χ1v) is 13.6. The highest BCUT2D eigenvalue weighted by Crippen LogP contribution is 2.31. The molecule has 0 aliphatic carbocycles. The maximum absolute atomic E-state index is 11.6. The Morgan fingerprint density at radius 1 is 1.05 bits per heavy atom. The Kier molecular flexibility index (Phi) is 9.83. The van der Waals surface area contributed by atoms with Crippen LogP contribution in [0.15, 0.2) is 29.4 Å². The van der Waals surface area contributed by atoms with Crippen molar-refractivity contribution >= 4 is 34.6 Å². The molecule has 1 amide bonds. The predicted molar refractivity (Wildman–Crippen MR) is 158 cm³/mol. The van der Waals surface area contributed by atoms with Gasteiger partial charge in [0.15, 0.2) is 5.82 Å². The average molecular weight is 521 g/mol. The van der Waals surface area contributed by atoms with E-state index in [9.17, 15) is 4.79 Å². The second-order valence-electron chi connectivity index (χ2n) is 10.9. The van der Waals surface area contributed by atoms with Gasteiger partial charge in [-0.3, -0.25) is 14.8 Å². The van der Waals surface area contributed by atoms with Gasteiger partial charge in [-0.15, -0.1) is 5.10 Å². The first-order chi connectivity index (χ1) is 18.0. The van der Waals surface area contributed by atoms with Gasteiger partial charge in [-0.1, -0.05) is 34.6 Å². The number of aryl methyl sites for hydroxylation is 1.